The summed E-state index contributed by atoms with van der Waals surface area (Å²) >= 11 is 2.99. The first-order chi connectivity index (χ1) is 10.1. The zero-order valence-corrected chi connectivity index (χ0v) is 13.5. The number of fused-ring (bicyclic) bond motifs is 1. The van der Waals surface area contributed by atoms with E-state index in [-0.39, 0.29) is 5.75 Å². The highest BCUT2D eigenvalue weighted by Crippen LogP contribution is 2.34. The molecule has 0 amide bonds. The number of carboxylic acid groups (broad SMARTS) is 1. The number of thioether (sulfide) groups is 1. The summed E-state index contributed by atoms with van der Waals surface area (Å²) in [7, 11) is 1.80. The Morgan fingerprint density at radius 1 is 1.43 bits per heavy atom. The molecule has 0 spiro atoms. The van der Waals surface area contributed by atoms with E-state index < -0.39 is 5.97 Å². The van der Waals surface area contributed by atoms with Crippen LogP contribution in [0, 0.1) is 0 Å². The van der Waals surface area contributed by atoms with Crippen molar-refractivity contribution in [1.82, 2.24) is 14.8 Å². The Bertz CT molecular complexity index is 640. The molecule has 0 unspecified atom stereocenters. The van der Waals surface area contributed by atoms with Gasteiger partial charge in [-0.1, -0.05) is 18.2 Å². The van der Waals surface area contributed by atoms with Crippen LogP contribution in [0.2, 0.25) is 0 Å². The van der Waals surface area contributed by atoms with Crippen LogP contribution in [0.5, 0.6) is 0 Å². The van der Waals surface area contributed by atoms with E-state index in [1.807, 2.05) is 0 Å². The van der Waals surface area contributed by atoms with Gasteiger partial charge in [0.2, 0.25) is 0 Å². The Morgan fingerprint density at radius 2 is 2.24 bits per heavy atom. The third-order valence-corrected chi connectivity index (χ3v) is 5.75. The zero-order valence-electron chi connectivity index (χ0n) is 11.8. The molecule has 3 rings (SSSR count). The lowest BCUT2D eigenvalue weighted by molar-refractivity contribution is -0.133. The third kappa shape index (κ3) is 3.29. The van der Waals surface area contributed by atoms with Crippen molar-refractivity contribution in [3.8, 4) is 10.7 Å². The van der Waals surface area contributed by atoms with Gasteiger partial charge in [0.1, 0.15) is 0 Å². The van der Waals surface area contributed by atoms with E-state index in [2.05, 4.69) is 16.1 Å². The van der Waals surface area contributed by atoms with Crippen LogP contribution < -0.4 is 0 Å². The summed E-state index contributed by atoms with van der Waals surface area (Å²) in [6.07, 6.45) is 6.15. The van der Waals surface area contributed by atoms with Gasteiger partial charge in [-0.2, -0.15) is 0 Å². The molecule has 0 aliphatic heterocycles. The lowest BCUT2D eigenvalue weighted by atomic mass is 10.1. The molecule has 1 aliphatic rings. The van der Waals surface area contributed by atoms with E-state index in [9.17, 15) is 4.79 Å². The van der Waals surface area contributed by atoms with Crippen LogP contribution >= 0.6 is 23.1 Å². The quantitative estimate of drug-likeness (QED) is 0.692. The molecular formula is C14H17N3O2S2. The molecule has 0 atom stereocenters. The van der Waals surface area contributed by atoms with Crippen molar-refractivity contribution in [1.29, 1.82) is 0 Å². The highest BCUT2D eigenvalue weighted by molar-refractivity contribution is 7.99. The van der Waals surface area contributed by atoms with Gasteiger partial charge in [0, 0.05) is 11.9 Å². The fraction of sp³-hybridized carbons (Fsp3) is 0.500. The van der Waals surface area contributed by atoms with E-state index in [0.717, 1.165) is 17.7 Å². The second-order valence-corrected chi connectivity index (χ2v) is 7.22. The highest BCUT2D eigenvalue weighted by atomic mass is 32.2. The SMILES string of the molecule is Cn1nc(-c2cc3c(s2)CCCCC3)nc1SCC(=O)O. The Hall–Kier alpha value is -1.34. The van der Waals surface area contributed by atoms with Crippen molar-refractivity contribution >= 4 is 29.1 Å². The van der Waals surface area contributed by atoms with Crippen molar-refractivity contribution in [3.63, 3.8) is 0 Å². The number of hydrogen-bond acceptors (Lipinski definition) is 5. The van der Waals surface area contributed by atoms with Gasteiger partial charge in [-0.25, -0.2) is 9.67 Å². The van der Waals surface area contributed by atoms with Gasteiger partial charge in [-0.3, -0.25) is 4.79 Å². The Labute approximate surface area is 131 Å². The normalized spacial score (nSPS) is 14.7. The summed E-state index contributed by atoms with van der Waals surface area (Å²) in [6, 6.07) is 2.21. The number of thiophene rings is 1. The Kier molecular flexibility index (Phi) is 4.30. The molecule has 0 saturated carbocycles. The van der Waals surface area contributed by atoms with Gasteiger partial charge >= 0.3 is 5.97 Å². The third-order valence-electron chi connectivity index (χ3n) is 3.51. The second kappa shape index (κ2) is 6.19. The molecule has 21 heavy (non-hydrogen) atoms. The van der Waals surface area contributed by atoms with Crippen LogP contribution in [-0.2, 0) is 24.7 Å². The van der Waals surface area contributed by atoms with Crippen molar-refractivity contribution in [3.05, 3.63) is 16.5 Å². The summed E-state index contributed by atoms with van der Waals surface area (Å²) in [5, 5.41) is 13.8. The number of hydrogen-bond donors (Lipinski definition) is 1. The van der Waals surface area contributed by atoms with Crippen LogP contribution in [0.15, 0.2) is 11.2 Å². The molecule has 0 saturated heterocycles. The number of rotatable bonds is 4. The summed E-state index contributed by atoms with van der Waals surface area (Å²) in [4.78, 5) is 17.7. The molecule has 2 heterocycles. The zero-order chi connectivity index (χ0) is 14.8. The Morgan fingerprint density at radius 3 is 3.05 bits per heavy atom. The van der Waals surface area contributed by atoms with Crippen LogP contribution in [0.4, 0.5) is 0 Å². The smallest absolute Gasteiger partial charge is 0.313 e. The maximum absolute atomic E-state index is 10.6. The highest BCUT2D eigenvalue weighted by Gasteiger charge is 2.17. The molecular weight excluding hydrogens is 306 g/mol. The van der Waals surface area contributed by atoms with Gasteiger partial charge in [0.05, 0.1) is 10.6 Å². The topological polar surface area (TPSA) is 68.0 Å². The summed E-state index contributed by atoms with van der Waals surface area (Å²) in [5.74, 6) is -0.122. The van der Waals surface area contributed by atoms with E-state index in [0.29, 0.717) is 11.0 Å². The first kappa shape index (κ1) is 14.6. The van der Waals surface area contributed by atoms with Gasteiger partial charge in [-0.15, -0.1) is 16.4 Å². The minimum Gasteiger partial charge on any atom is -0.481 e. The number of carboxylic acids is 1. The minimum atomic E-state index is -0.840. The molecule has 7 heteroatoms. The summed E-state index contributed by atoms with van der Waals surface area (Å²) in [5.41, 5.74) is 1.44. The monoisotopic (exact) mass is 323 g/mol. The van der Waals surface area contributed by atoms with Gasteiger partial charge in [0.15, 0.2) is 11.0 Å². The Balaban J connectivity index is 1.84. The molecule has 0 bridgehead atoms. The number of aromatic nitrogens is 3. The lowest BCUT2D eigenvalue weighted by Gasteiger charge is -1.94. The van der Waals surface area contributed by atoms with E-state index >= 15 is 0 Å². The van der Waals surface area contributed by atoms with Crippen molar-refractivity contribution in [2.45, 2.75) is 37.3 Å². The largest absolute Gasteiger partial charge is 0.481 e. The predicted octanol–water partition coefficient (Wildman–Crippen LogP) is 2.99. The summed E-state index contributed by atoms with van der Waals surface area (Å²) < 4.78 is 1.66. The van der Waals surface area contributed by atoms with Crippen molar-refractivity contribution in [2.24, 2.45) is 7.05 Å². The summed E-state index contributed by atoms with van der Waals surface area (Å²) in [6.45, 7) is 0. The number of aryl methyl sites for hydroxylation is 3. The fourth-order valence-corrected chi connectivity index (χ4v) is 4.32. The van der Waals surface area contributed by atoms with Crippen molar-refractivity contribution < 1.29 is 9.90 Å². The molecule has 2 aromatic heterocycles. The first-order valence-electron chi connectivity index (χ1n) is 7.01. The van der Waals surface area contributed by atoms with Gasteiger partial charge in [0.25, 0.3) is 0 Å². The average Bonchev–Trinajstić information content (AvgIpc) is 2.94. The minimum absolute atomic E-state index is 0.00686. The van der Waals surface area contributed by atoms with Gasteiger partial charge < -0.3 is 5.11 Å². The fourth-order valence-electron chi connectivity index (χ4n) is 2.50. The van der Waals surface area contributed by atoms with Crippen molar-refractivity contribution in [2.75, 3.05) is 5.75 Å². The van der Waals surface area contributed by atoms with Crippen LogP contribution in [-0.4, -0.2) is 31.6 Å². The first-order valence-corrected chi connectivity index (χ1v) is 8.81. The molecule has 0 fully saturated rings. The van der Waals surface area contributed by atoms with Crippen LogP contribution in [0.1, 0.15) is 29.7 Å². The predicted molar refractivity (Wildman–Crippen MR) is 83.9 cm³/mol. The molecule has 0 aromatic carbocycles. The molecule has 1 N–H and O–H groups in total. The molecule has 5 nitrogen and oxygen atoms in total. The van der Waals surface area contributed by atoms with Crippen LogP contribution in [0.3, 0.4) is 0 Å². The van der Waals surface area contributed by atoms with E-state index in [1.54, 1.807) is 23.1 Å². The number of aliphatic carboxylic acids is 1. The maximum Gasteiger partial charge on any atom is 0.313 e. The second-order valence-electron chi connectivity index (χ2n) is 5.14. The molecule has 112 valence electrons. The lowest BCUT2D eigenvalue weighted by Crippen LogP contribution is -2.00. The molecule has 2 aromatic rings. The molecule has 1 aliphatic carbocycles. The van der Waals surface area contributed by atoms with Crippen LogP contribution in [0.25, 0.3) is 10.7 Å². The van der Waals surface area contributed by atoms with E-state index in [4.69, 9.17) is 5.11 Å². The molecule has 0 radical (unpaired) electrons. The average molecular weight is 323 g/mol. The number of nitrogens with zero attached hydrogens (tertiary/aromatic N) is 3. The maximum atomic E-state index is 10.6. The standard InChI is InChI=1S/C14H17N3O2S2/c1-17-14(20-8-12(18)19)15-13(16-17)11-7-9-5-3-2-4-6-10(9)21-11/h7H,2-6,8H2,1H3,(H,18,19). The number of carbonyl (C=O) groups is 1. The van der Waals surface area contributed by atoms with E-state index in [1.165, 1.54) is 41.5 Å². The van der Waals surface area contributed by atoms with Gasteiger partial charge in [-0.05, 0) is 37.3 Å².